The van der Waals surface area contributed by atoms with Gasteiger partial charge < -0.3 is 5.32 Å². The molecule has 3 rings (SSSR count). The van der Waals surface area contributed by atoms with Gasteiger partial charge in [0.05, 0.1) is 5.02 Å². The van der Waals surface area contributed by atoms with Crippen LogP contribution in [-0.4, -0.2) is 17.6 Å². The second kappa shape index (κ2) is 5.20. The van der Waals surface area contributed by atoms with Crippen molar-refractivity contribution in [2.75, 3.05) is 6.54 Å². The minimum atomic E-state index is 0.380. The maximum Gasteiger partial charge on any atom is 0.147 e. The van der Waals surface area contributed by atoms with Gasteiger partial charge in [-0.25, -0.2) is 4.98 Å². The molecule has 0 aromatic carbocycles. The molecule has 2 heterocycles. The van der Waals surface area contributed by atoms with Crippen LogP contribution in [0.1, 0.15) is 31.2 Å². The quantitative estimate of drug-likeness (QED) is 0.790. The predicted molar refractivity (Wildman–Crippen MR) is 76.0 cm³/mol. The molecule has 1 aliphatic heterocycles. The lowest BCUT2D eigenvalue weighted by Crippen LogP contribution is -2.43. The Morgan fingerprint density at radius 3 is 3.00 bits per heavy atom. The van der Waals surface area contributed by atoms with Crippen molar-refractivity contribution < 1.29 is 0 Å². The van der Waals surface area contributed by atoms with Gasteiger partial charge in [-0.2, -0.15) is 0 Å². The van der Waals surface area contributed by atoms with E-state index in [9.17, 15) is 0 Å². The summed E-state index contributed by atoms with van der Waals surface area (Å²) in [7, 11) is 0. The molecule has 1 aliphatic carbocycles. The third-order valence-corrected chi connectivity index (χ3v) is 4.64. The van der Waals surface area contributed by atoms with Crippen molar-refractivity contribution in [1.29, 1.82) is 0 Å². The molecule has 0 saturated carbocycles. The first-order valence-corrected chi connectivity index (χ1v) is 7.26. The Kier molecular flexibility index (Phi) is 3.60. The number of rotatable bonds is 1. The smallest absolute Gasteiger partial charge is 0.147 e. The third-order valence-electron chi connectivity index (χ3n) is 3.95. The normalized spacial score (nSPS) is 27.6. The number of fused-ring (bicyclic) bond motifs is 1. The van der Waals surface area contributed by atoms with Crippen molar-refractivity contribution in [3.05, 3.63) is 34.1 Å². The summed E-state index contributed by atoms with van der Waals surface area (Å²) in [5, 5.41) is 4.55. The van der Waals surface area contributed by atoms with Crippen LogP contribution in [0.4, 0.5) is 0 Å². The van der Waals surface area contributed by atoms with E-state index in [1.165, 1.54) is 24.8 Å². The molecule has 18 heavy (non-hydrogen) atoms. The summed E-state index contributed by atoms with van der Waals surface area (Å²) in [5.74, 6) is 0.758. The van der Waals surface area contributed by atoms with Gasteiger partial charge in [0.25, 0.3) is 0 Å². The molecule has 0 radical (unpaired) electrons. The van der Waals surface area contributed by atoms with Gasteiger partial charge in [0.15, 0.2) is 0 Å². The molecule has 0 spiro atoms. The van der Waals surface area contributed by atoms with Gasteiger partial charge >= 0.3 is 0 Å². The molecule has 1 saturated heterocycles. The van der Waals surface area contributed by atoms with Gasteiger partial charge in [0.2, 0.25) is 0 Å². The fourth-order valence-electron chi connectivity index (χ4n) is 3.09. The van der Waals surface area contributed by atoms with E-state index in [-0.39, 0.29) is 0 Å². The van der Waals surface area contributed by atoms with E-state index in [0.29, 0.717) is 16.2 Å². The highest BCUT2D eigenvalue weighted by molar-refractivity contribution is 6.41. The molecule has 1 fully saturated rings. The summed E-state index contributed by atoms with van der Waals surface area (Å²) in [6.45, 7) is 1.10. The van der Waals surface area contributed by atoms with Crippen LogP contribution >= 0.6 is 23.2 Å². The molecular formula is C14H16Cl2N2. The molecule has 1 aromatic heterocycles. The molecule has 2 nitrogen and oxygen atoms in total. The Hall–Kier alpha value is -0.570. The number of nitrogens with zero attached hydrogens (tertiary/aromatic N) is 1. The zero-order valence-corrected chi connectivity index (χ0v) is 11.6. The van der Waals surface area contributed by atoms with E-state index < -0.39 is 0 Å². The van der Waals surface area contributed by atoms with Crippen LogP contribution < -0.4 is 5.32 Å². The first-order valence-electron chi connectivity index (χ1n) is 6.50. The monoisotopic (exact) mass is 282 g/mol. The van der Waals surface area contributed by atoms with Crippen molar-refractivity contribution in [2.45, 2.75) is 31.7 Å². The minimum Gasteiger partial charge on any atom is -0.310 e. The van der Waals surface area contributed by atoms with Crippen LogP contribution in [0.15, 0.2) is 18.3 Å². The number of pyridine rings is 1. The van der Waals surface area contributed by atoms with Crippen molar-refractivity contribution >= 4 is 28.8 Å². The first-order chi connectivity index (χ1) is 8.75. The second-order valence-corrected chi connectivity index (χ2v) is 5.83. The van der Waals surface area contributed by atoms with Crippen molar-refractivity contribution in [1.82, 2.24) is 10.3 Å². The number of piperidine rings is 1. The van der Waals surface area contributed by atoms with Gasteiger partial charge in [-0.3, -0.25) is 0 Å². The van der Waals surface area contributed by atoms with E-state index >= 15 is 0 Å². The molecule has 1 aromatic rings. The maximum atomic E-state index is 6.07. The predicted octanol–water partition coefficient (Wildman–Crippen LogP) is 3.93. The van der Waals surface area contributed by atoms with Gasteiger partial charge in [0.1, 0.15) is 5.15 Å². The fourth-order valence-corrected chi connectivity index (χ4v) is 3.36. The maximum absolute atomic E-state index is 6.07. The molecule has 1 N–H and O–H groups in total. The molecule has 0 bridgehead atoms. The number of nitrogens with one attached hydrogen (secondary N) is 1. The van der Waals surface area contributed by atoms with E-state index in [1.807, 2.05) is 12.3 Å². The standard InChI is InChI=1S/C14H16Cl2N2/c15-12-7-10(8-18-14(12)16)11-5-1-3-9-4-2-6-17-13(9)11/h5,7-9,13,17H,1-4,6H2/t9-,13+/m0/s1. The highest BCUT2D eigenvalue weighted by Gasteiger charge is 2.30. The molecule has 2 aliphatic rings. The minimum absolute atomic E-state index is 0.380. The lowest BCUT2D eigenvalue weighted by Gasteiger charge is -2.37. The Balaban J connectivity index is 1.94. The SMILES string of the molecule is Clc1cc(C2=CCC[C@H]3CCCN[C@@H]23)cnc1Cl. The lowest BCUT2D eigenvalue weighted by molar-refractivity contribution is 0.304. The van der Waals surface area contributed by atoms with Crippen LogP contribution in [0, 0.1) is 5.92 Å². The highest BCUT2D eigenvalue weighted by atomic mass is 35.5. The third kappa shape index (κ3) is 2.29. The van der Waals surface area contributed by atoms with E-state index in [4.69, 9.17) is 23.2 Å². The molecule has 96 valence electrons. The van der Waals surface area contributed by atoms with Crippen LogP contribution in [-0.2, 0) is 0 Å². The summed E-state index contributed by atoms with van der Waals surface area (Å²) in [5.41, 5.74) is 2.45. The topological polar surface area (TPSA) is 24.9 Å². The molecule has 4 heteroatoms. The van der Waals surface area contributed by atoms with Crippen LogP contribution in [0.3, 0.4) is 0 Å². The Bertz CT molecular complexity index is 485. The summed E-state index contributed by atoms with van der Waals surface area (Å²) < 4.78 is 0. The van der Waals surface area contributed by atoms with Crippen molar-refractivity contribution in [2.24, 2.45) is 5.92 Å². The summed E-state index contributed by atoms with van der Waals surface area (Å²) in [4.78, 5) is 4.16. The van der Waals surface area contributed by atoms with Crippen molar-refractivity contribution in [3.63, 3.8) is 0 Å². The Labute approximate surface area is 117 Å². The van der Waals surface area contributed by atoms with E-state index in [0.717, 1.165) is 24.4 Å². The van der Waals surface area contributed by atoms with Crippen LogP contribution in [0.5, 0.6) is 0 Å². The average Bonchev–Trinajstić information content (AvgIpc) is 2.41. The zero-order valence-electron chi connectivity index (χ0n) is 10.1. The Morgan fingerprint density at radius 1 is 1.28 bits per heavy atom. The molecule has 0 unspecified atom stereocenters. The van der Waals surface area contributed by atoms with E-state index in [1.54, 1.807) is 0 Å². The largest absolute Gasteiger partial charge is 0.310 e. The number of halogens is 2. The van der Waals surface area contributed by atoms with Gasteiger partial charge in [-0.1, -0.05) is 29.3 Å². The lowest BCUT2D eigenvalue weighted by atomic mass is 9.77. The molecule has 2 atom stereocenters. The summed E-state index contributed by atoms with van der Waals surface area (Å²) in [6, 6.07) is 2.40. The number of hydrogen-bond donors (Lipinski definition) is 1. The average molecular weight is 283 g/mol. The first kappa shape index (κ1) is 12.5. The Morgan fingerprint density at radius 2 is 2.17 bits per heavy atom. The van der Waals surface area contributed by atoms with Crippen LogP contribution in [0.25, 0.3) is 5.57 Å². The highest BCUT2D eigenvalue weighted by Crippen LogP contribution is 2.36. The summed E-state index contributed by atoms with van der Waals surface area (Å²) in [6.07, 6.45) is 9.20. The second-order valence-electron chi connectivity index (χ2n) is 5.07. The van der Waals surface area contributed by atoms with Gasteiger partial charge in [-0.15, -0.1) is 0 Å². The molecule has 0 amide bonds. The van der Waals surface area contributed by atoms with E-state index in [2.05, 4.69) is 16.4 Å². The number of hydrogen-bond acceptors (Lipinski definition) is 2. The number of allylic oxidation sites excluding steroid dienone is 1. The van der Waals surface area contributed by atoms with Crippen molar-refractivity contribution in [3.8, 4) is 0 Å². The van der Waals surface area contributed by atoms with Gasteiger partial charge in [0, 0.05) is 12.2 Å². The van der Waals surface area contributed by atoms with Crippen LogP contribution in [0.2, 0.25) is 10.2 Å². The molecular weight excluding hydrogens is 267 g/mol. The zero-order chi connectivity index (χ0) is 12.5. The fraction of sp³-hybridized carbons (Fsp3) is 0.500. The summed E-state index contributed by atoms with van der Waals surface area (Å²) >= 11 is 11.9. The van der Waals surface area contributed by atoms with Gasteiger partial charge in [-0.05, 0) is 55.3 Å². The number of aromatic nitrogens is 1.